The fourth-order valence-corrected chi connectivity index (χ4v) is 4.51. The molecule has 2 heterocycles. The molecule has 10 heteroatoms. The van der Waals surface area contributed by atoms with Crippen LogP contribution in [0.4, 0.5) is 19.3 Å². The van der Waals surface area contributed by atoms with E-state index in [0.717, 1.165) is 12.1 Å². The summed E-state index contributed by atoms with van der Waals surface area (Å²) in [6, 6.07) is 9.88. The van der Waals surface area contributed by atoms with E-state index in [2.05, 4.69) is 16.8 Å². The number of aliphatic imine (C=N–C) groups is 1. The topological polar surface area (TPSA) is 99.3 Å². The maximum absolute atomic E-state index is 15.1. The SMILES string of the molecule is CN=CC(=CN)CN1CCN2C(=O)N(c3c(F)cc(C#Cc4ccccc4)cc3F)C(=O)CC2(C)C1=O. The van der Waals surface area contributed by atoms with Gasteiger partial charge in [-0.3, -0.25) is 14.6 Å². The predicted octanol–water partition coefficient (Wildman–Crippen LogP) is 2.67. The number of nitrogens with two attached hydrogens (primary N) is 1. The number of carbonyl (C=O) groups is 3. The molecule has 1 atom stereocenters. The number of carbonyl (C=O) groups excluding carboxylic acids is 3. The molecule has 8 nitrogen and oxygen atoms in total. The van der Waals surface area contributed by atoms with Gasteiger partial charge in [0, 0.05) is 55.8 Å². The number of piperazine rings is 1. The second-order valence-electron chi connectivity index (χ2n) is 8.87. The lowest BCUT2D eigenvalue weighted by Gasteiger charge is -2.51. The summed E-state index contributed by atoms with van der Waals surface area (Å²) >= 11 is 0. The summed E-state index contributed by atoms with van der Waals surface area (Å²) in [5.41, 5.74) is 4.61. The van der Waals surface area contributed by atoms with E-state index in [1.54, 1.807) is 31.3 Å². The van der Waals surface area contributed by atoms with Crippen molar-refractivity contribution in [3.05, 3.63) is 77.0 Å². The third kappa shape index (κ3) is 4.80. The van der Waals surface area contributed by atoms with Crippen molar-refractivity contribution in [2.45, 2.75) is 18.9 Å². The first-order chi connectivity index (χ1) is 17.7. The Morgan fingerprint density at radius 2 is 1.73 bits per heavy atom. The van der Waals surface area contributed by atoms with Gasteiger partial charge in [0.2, 0.25) is 11.8 Å². The monoisotopic (exact) mass is 505 g/mol. The van der Waals surface area contributed by atoms with Crippen LogP contribution < -0.4 is 10.6 Å². The van der Waals surface area contributed by atoms with Crippen LogP contribution in [-0.2, 0) is 9.59 Å². The van der Waals surface area contributed by atoms with E-state index in [1.807, 2.05) is 6.07 Å². The van der Waals surface area contributed by atoms with Crippen LogP contribution >= 0.6 is 0 Å². The third-order valence-corrected chi connectivity index (χ3v) is 6.35. The number of hydrogen-bond donors (Lipinski definition) is 1. The lowest BCUT2D eigenvalue weighted by Crippen LogP contribution is -2.72. The Bertz CT molecular complexity index is 1360. The van der Waals surface area contributed by atoms with Crippen LogP contribution in [0.1, 0.15) is 24.5 Å². The lowest BCUT2D eigenvalue weighted by molar-refractivity contribution is -0.151. The maximum atomic E-state index is 15.1. The van der Waals surface area contributed by atoms with Gasteiger partial charge in [0.25, 0.3) is 0 Å². The van der Waals surface area contributed by atoms with E-state index in [0.29, 0.717) is 16.0 Å². The molecule has 190 valence electrons. The Labute approximate surface area is 213 Å². The van der Waals surface area contributed by atoms with Crippen LogP contribution in [0.2, 0.25) is 0 Å². The van der Waals surface area contributed by atoms with Gasteiger partial charge in [0.05, 0.1) is 6.42 Å². The molecule has 4 rings (SSSR count). The number of hydrogen-bond acceptors (Lipinski definition) is 5. The zero-order chi connectivity index (χ0) is 26.7. The normalized spacial score (nSPS) is 20.3. The molecule has 1 unspecified atom stereocenters. The Morgan fingerprint density at radius 3 is 2.35 bits per heavy atom. The molecule has 0 bridgehead atoms. The number of amides is 4. The molecule has 0 aliphatic carbocycles. The summed E-state index contributed by atoms with van der Waals surface area (Å²) in [4.78, 5) is 46.8. The Morgan fingerprint density at radius 1 is 1.08 bits per heavy atom. The molecule has 2 aromatic rings. The van der Waals surface area contributed by atoms with E-state index >= 15 is 8.78 Å². The molecule has 2 N–H and O–H groups in total. The van der Waals surface area contributed by atoms with Crippen LogP contribution in [0.15, 0.2) is 59.2 Å². The number of rotatable bonds is 4. The second-order valence-corrected chi connectivity index (χ2v) is 8.87. The zero-order valence-electron chi connectivity index (χ0n) is 20.4. The third-order valence-electron chi connectivity index (χ3n) is 6.35. The molecule has 2 aliphatic rings. The van der Waals surface area contributed by atoms with E-state index in [-0.39, 0.29) is 25.2 Å². The van der Waals surface area contributed by atoms with Gasteiger partial charge < -0.3 is 15.5 Å². The maximum Gasteiger partial charge on any atom is 0.332 e. The Balaban J connectivity index is 1.61. The summed E-state index contributed by atoms with van der Waals surface area (Å²) in [6.07, 6.45) is 2.40. The van der Waals surface area contributed by atoms with Crippen molar-refractivity contribution in [1.29, 1.82) is 0 Å². The number of halogens is 2. The first-order valence-corrected chi connectivity index (χ1v) is 11.5. The standard InChI is InChI=1S/C27H25F2N5O3/c1-27-14-23(35)34(26(37)33(27)11-10-32(25(27)36)17-20(15-30)16-31-2)24-21(28)12-19(13-22(24)29)9-8-18-6-4-3-5-7-18/h3-7,12-13,15-16H,10-11,14,17,30H2,1-2H3. The van der Waals surface area contributed by atoms with E-state index in [4.69, 9.17) is 5.73 Å². The smallest absolute Gasteiger partial charge is 0.332 e. The largest absolute Gasteiger partial charge is 0.404 e. The van der Waals surface area contributed by atoms with Crippen LogP contribution in [0, 0.1) is 23.5 Å². The molecular formula is C27H25F2N5O3. The molecule has 2 aliphatic heterocycles. The van der Waals surface area contributed by atoms with Gasteiger partial charge in [-0.15, -0.1) is 0 Å². The van der Waals surface area contributed by atoms with Crippen LogP contribution in [0.25, 0.3) is 0 Å². The van der Waals surface area contributed by atoms with Crippen molar-refractivity contribution in [2.24, 2.45) is 10.7 Å². The molecule has 37 heavy (non-hydrogen) atoms. The van der Waals surface area contributed by atoms with Crippen molar-refractivity contribution >= 4 is 29.7 Å². The summed E-state index contributed by atoms with van der Waals surface area (Å²) < 4.78 is 30.2. The number of nitrogens with zero attached hydrogens (tertiary/aromatic N) is 4. The van der Waals surface area contributed by atoms with Crippen molar-refractivity contribution in [3.8, 4) is 11.8 Å². The first-order valence-electron chi connectivity index (χ1n) is 11.5. The van der Waals surface area contributed by atoms with Crippen LogP contribution in [0.5, 0.6) is 0 Å². The quantitative estimate of drug-likeness (QED) is 0.510. The molecule has 2 fully saturated rings. The Kier molecular flexibility index (Phi) is 7.07. The molecule has 4 amide bonds. The summed E-state index contributed by atoms with van der Waals surface area (Å²) in [5, 5.41) is 0. The highest BCUT2D eigenvalue weighted by atomic mass is 19.1. The number of imide groups is 1. The average Bonchev–Trinajstić information content (AvgIpc) is 2.87. The van der Waals surface area contributed by atoms with Crippen LogP contribution in [0.3, 0.4) is 0 Å². The minimum absolute atomic E-state index is 0.0486. The molecule has 0 spiro atoms. The minimum Gasteiger partial charge on any atom is -0.404 e. The van der Waals surface area contributed by atoms with E-state index in [9.17, 15) is 14.4 Å². The second kappa shape index (κ2) is 10.2. The first kappa shape index (κ1) is 25.6. The summed E-state index contributed by atoms with van der Waals surface area (Å²) in [5.74, 6) is 1.93. The number of benzene rings is 2. The highest BCUT2D eigenvalue weighted by Gasteiger charge is 2.55. The van der Waals surface area contributed by atoms with E-state index < -0.39 is 47.1 Å². The van der Waals surface area contributed by atoms with E-state index in [1.165, 1.54) is 29.1 Å². The van der Waals surface area contributed by atoms with Gasteiger partial charge >= 0.3 is 6.03 Å². The molecular weight excluding hydrogens is 480 g/mol. The highest BCUT2D eigenvalue weighted by molar-refractivity contribution is 6.19. The van der Waals surface area contributed by atoms with Gasteiger partial charge in [-0.2, -0.15) is 0 Å². The molecule has 2 aromatic carbocycles. The van der Waals surface area contributed by atoms with Crippen molar-refractivity contribution in [2.75, 3.05) is 31.6 Å². The Hall–Kier alpha value is -4.52. The molecule has 0 radical (unpaired) electrons. The number of urea groups is 1. The summed E-state index contributed by atoms with van der Waals surface area (Å²) in [7, 11) is 1.57. The molecule has 2 saturated heterocycles. The van der Waals surface area contributed by atoms with Gasteiger partial charge in [-0.25, -0.2) is 18.5 Å². The number of anilines is 1. The van der Waals surface area contributed by atoms with Gasteiger partial charge in [-0.1, -0.05) is 30.0 Å². The fourth-order valence-electron chi connectivity index (χ4n) is 4.51. The predicted molar refractivity (Wildman–Crippen MR) is 135 cm³/mol. The molecule has 0 aromatic heterocycles. The highest BCUT2D eigenvalue weighted by Crippen LogP contribution is 2.37. The average molecular weight is 506 g/mol. The van der Waals surface area contributed by atoms with Gasteiger partial charge in [0.1, 0.15) is 11.2 Å². The van der Waals surface area contributed by atoms with Crippen molar-refractivity contribution in [3.63, 3.8) is 0 Å². The zero-order valence-corrected chi connectivity index (χ0v) is 20.4. The van der Waals surface area contributed by atoms with Crippen LogP contribution in [-0.4, -0.2) is 66.1 Å². The minimum atomic E-state index is -1.50. The van der Waals surface area contributed by atoms with Crippen molar-refractivity contribution < 1.29 is 23.2 Å². The number of fused-ring (bicyclic) bond motifs is 1. The summed E-state index contributed by atoms with van der Waals surface area (Å²) in [6.45, 7) is 1.84. The lowest BCUT2D eigenvalue weighted by atomic mass is 9.88. The molecule has 0 saturated carbocycles. The van der Waals surface area contributed by atoms with Gasteiger partial charge in [-0.05, 0) is 31.2 Å². The van der Waals surface area contributed by atoms with Crippen molar-refractivity contribution in [1.82, 2.24) is 9.80 Å². The van der Waals surface area contributed by atoms with Gasteiger partial charge in [0.15, 0.2) is 11.6 Å². The fraction of sp³-hybridized carbons (Fsp3) is 0.259.